The standard InChI is InChI=1S/C16H17ClN4O2.C2HF3O2/c17-12-4-13(6-18-5-12)22-9-11-10-23-15-8-21(7-14(11)15)16-19-2-1-3-20-16;3-2(4,5)1(6)7/h1-6,11,14-15H,7-10H2;(H,6,7)/t11-,14+,15+;/m0./s1. The van der Waals surface area contributed by atoms with Crippen molar-refractivity contribution in [1.82, 2.24) is 15.0 Å². The predicted octanol–water partition coefficient (Wildman–Crippen LogP) is 2.69. The zero-order valence-electron chi connectivity index (χ0n) is 15.5. The van der Waals surface area contributed by atoms with Gasteiger partial charge in [-0.3, -0.25) is 4.98 Å². The topological polar surface area (TPSA) is 97.7 Å². The van der Waals surface area contributed by atoms with Crippen LogP contribution in [0.25, 0.3) is 0 Å². The fraction of sp³-hybridized carbons (Fsp3) is 0.444. The molecule has 12 heteroatoms. The van der Waals surface area contributed by atoms with Gasteiger partial charge < -0.3 is 19.5 Å². The van der Waals surface area contributed by atoms with E-state index in [-0.39, 0.29) is 6.10 Å². The SMILES string of the molecule is Clc1cncc(OC[C@H]2CO[C@@H]3CN(c4ncccn4)C[C@H]23)c1.O=C(O)C(F)(F)F. The van der Waals surface area contributed by atoms with Gasteiger partial charge in [0.1, 0.15) is 5.75 Å². The highest BCUT2D eigenvalue weighted by Crippen LogP contribution is 2.35. The van der Waals surface area contributed by atoms with Gasteiger partial charge in [0.15, 0.2) is 0 Å². The Morgan fingerprint density at radius 2 is 2.00 bits per heavy atom. The minimum atomic E-state index is -5.08. The number of halogens is 4. The second-order valence-electron chi connectivity index (χ2n) is 6.70. The first kappa shape index (κ1) is 22.0. The average molecular weight is 447 g/mol. The molecule has 1 N–H and O–H groups in total. The molecule has 162 valence electrons. The van der Waals surface area contributed by atoms with Gasteiger partial charge in [-0.1, -0.05) is 11.6 Å². The first-order valence-corrected chi connectivity index (χ1v) is 9.29. The molecule has 2 fully saturated rings. The Bertz CT molecular complexity index is 859. The number of pyridine rings is 1. The van der Waals surface area contributed by atoms with Gasteiger partial charge in [-0.15, -0.1) is 0 Å². The lowest BCUT2D eigenvalue weighted by atomic mass is 9.94. The minimum absolute atomic E-state index is 0.227. The van der Waals surface area contributed by atoms with Gasteiger partial charge in [0.25, 0.3) is 0 Å². The van der Waals surface area contributed by atoms with Gasteiger partial charge in [0.05, 0.1) is 30.5 Å². The lowest BCUT2D eigenvalue weighted by molar-refractivity contribution is -0.192. The molecule has 3 atom stereocenters. The molecule has 2 aliphatic heterocycles. The second kappa shape index (κ2) is 9.43. The Morgan fingerprint density at radius 1 is 1.30 bits per heavy atom. The molecule has 0 bridgehead atoms. The summed E-state index contributed by atoms with van der Waals surface area (Å²) in [5.41, 5.74) is 0. The van der Waals surface area contributed by atoms with Crippen LogP contribution in [0, 0.1) is 11.8 Å². The van der Waals surface area contributed by atoms with Gasteiger partial charge in [-0.05, 0) is 6.07 Å². The monoisotopic (exact) mass is 446 g/mol. The van der Waals surface area contributed by atoms with Crippen molar-refractivity contribution in [2.75, 3.05) is 31.2 Å². The molecule has 0 radical (unpaired) electrons. The fourth-order valence-electron chi connectivity index (χ4n) is 3.26. The maximum atomic E-state index is 10.6. The summed E-state index contributed by atoms with van der Waals surface area (Å²) in [5, 5.41) is 7.70. The largest absolute Gasteiger partial charge is 0.492 e. The van der Waals surface area contributed by atoms with Crippen molar-refractivity contribution in [1.29, 1.82) is 0 Å². The van der Waals surface area contributed by atoms with E-state index in [1.807, 2.05) is 6.07 Å². The molecule has 30 heavy (non-hydrogen) atoms. The zero-order chi connectivity index (χ0) is 21.7. The number of hydrogen-bond acceptors (Lipinski definition) is 7. The van der Waals surface area contributed by atoms with Gasteiger partial charge in [0.2, 0.25) is 5.95 Å². The van der Waals surface area contributed by atoms with E-state index in [0.717, 1.165) is 25.6 Å². The number of ether oxygens (including phenoxy) is 2. The molecule has 2 aliphatic rings. The Balaban J connectivity index is 0.000000318. The van der Waals surface area contributed by atoms with Crippen molar-refractivity contribution in [3.05, 3.63) is 41.9 Å². The normalized spacial score (nSPS) is 22.8. The quantitative estimate of drug-likeness (QED) is 0.765. The van der Waals surface area contributed by atoms with Crippen molar-refractivity contribution in [3.63, 3.8) is 0 Å². The summed E-state index contributed by atoms with van der Waals surface area (Å²) < 4.78 is 43.5. The van der Waals surface area contributed by atoms with E-state index in [1.54, 1.807) is 30.9 Å². The van der Waals surface area contributed by atoms with E-state index < -0.39 is 12.1 Å². The Kier molecular flexibility index (Phi) is 6.93. The molecule has 0 spiro atoms. The van der Waals surface area contributed by atoms with Crippen LogP contribution in [0.15, 0.2) is 36.9 Å². The first-order chi connectivity index (χ1) is 14.2. The molecule has 2 saturated heterocycles. The van der Waals surface area contributed by atoms with Crippen LogP contribution in [-0.2, 0) is 9.53 Å². The number of carbonyl (C=O) groups is 1. The number of nitrogens with zero attached hydrogens (tertiary/aromatic N) is 4. The van der Waals surface area contributed by atoms with Crippen LogP contribution in [0.2, 0.25) is 5.02 Å². The van der Waals surface area contributed by atoms with Crippen LogP contribution >= 0.6 is 11.6 Å². The summed E-state index contributed by atoms with van der Waals surface area (Å²) in [4.78, 5) is 23.8. The maximum Gasteiger partial charge on any atom is 0.490 e. The molecule has 0 aliphatic carbocycles. The van der Waals surface area contributed by atoms with E-state index in [4.69, 9.17) is 31.0 Å². The van der Waals surface area contributed by atoms with Crippen LogP contribution in [0.5, 0.6) is 5.75 Å². The lowest BCUT2D eigenvalue weighted by Crippen LogP contribution is -2.27. The third-order valence-corrected chi connectivity index (χ3v) is 4.87. The van der Waals surface area contributed by atoms with Crippen LogP contribution < -0.4 is 9.64 Å². The minimum Gasteiger partial charge on any atom is -0.492 e. The average Bonchev–Trinajstić information content (AvgIpc) is 3.28. The Morgan fingerprint density at radius 3 is 2.63 bits per heavy atom. The number of rotatable bonds is 4. The molecular weight excluding hydrogens is 429 g/mol. The summed E-state index contributed by atoms with van der Waals surface area (Å²) in [7, 11) is 0. The van der Waals surface area contributed by atoms with E-state index in [0.29, 0.717) is 29.2 Å². The molecule has 4 heterocycles. The van der Waals surface area contributed by atoms with Crippen molar-refractivity contribution in [2.24, 2.45) is 11.8 Å². The molecule has 0 unspecified atom stereocenters. The number of fused-ring (bicyclic) bond motifs is 1. The number of carboxylic acid groups (broad SMARTS) is 1. The van der Waals surface area contributed by atoms with Crippen LogP contribution in [0.1, 0.15) is 0 Å². The maximum absolute atomic E-state index is 10.6. The number of alkyl halides is 3. The number of hydrogen-bond donors (Lipinski definition) is 1. The molecule has 0 aromatic carbocycles. The number of carboxylic acids is 1. The summed E-state index contributed by atoms with van der Waals surface area (Å²) in [5.74, 6) is -0.502. The van der Waals surface area contributed by atoms with Crippen LogP contribution in [-0.4, -0.2) is 64.6 Å². The predicted molar refractivity (Wildman–Crippen MR) is 99.4 cm³/mol. The summed E-state index contributed by atoms with van der Waals surface area (Å²) in [6.45, 7) is 3.07. The lowest BCUT2D eigenvalue weighted by Gasteiger charge is -2.19. The summed E-state index contributed by atoms with van der Waals surface area (Å²) >= 11 is 5.93. The molecule has 0 saturated carbocycles. The van der Waals surface area contributed by atoms with E-state index in [2.05, 4.69) is 19.9 Å². The van der Waals surface area contributed by atoms with E-state index in [1.165, 1.54) is 0 Å². The van der Waals surface area contributed by atoms with Gasteiger partial charge in [0, 0.05) is 49.6 Å². The van der Waals surface area contributed by atoms with Crippen molar-refractivity contribution < 1.29 is 32.5 Å². The molecule has 0 amide bonds. The smallest absolute Gasteiger partial charge is 0.490 e. The van der Waals surface area contributed by atoms with Crippen LogP contribution in [0.4, 0.5) is 19.1 Å². The Hall–Kier alpha value is -2.66. The van der Waals surface area contributed by atoms with Crippen LogP contribution in [0.3, 0.4) is 0 Å². The van der Waals surface area contributed by atoms with Gasteiger partial charge in [-0.25, -0.2) is 14.8 Å². The molecule has 2 aromatic heterocycles. The highest BCUT2D eigenvalue weighted by molar-refractivity contribution is 6.30. The van der Waals surface area contributed by atoms with Crippen molar-refractivity contribution in [2.45, 2.75) is 12.3 Å². The summed E-state index contributed by atoms with van der Waals surface area (Å²) in [6, 6.07) is 3.60. The van der Waals surface area contributed by atoms with Gasteiger partial charge in [-0.2, -0.15) is 13.2 Å². The number of anilines is 1. The highest BCUT2D eigenvalue weighted by atomic mass is 35.5. The molecule has 8 nitrogen and oxygen atoms in total. The summed E-state index contributed by atoms with van der Waals surface area (Å²) in [6.07, 6.45) is 1.95. The third kappa shape index (κ3) is 5.70. The fourth-order valence-corrected chi connectivity index (χ4v) is 3.43. The molecule has 4 rings (SSSR count). The first-order valence-electron chi connectivity index (χ1n) is 8.91. The molecular formula is C18H18ClF3N4O4. The van der Waals surface area contributed by atoms with E-state index >= 15 is 0 Å². The van der Waals surface area contributed by atoms with Crippen molar-refractivity contribution >= 4 is 23.5 Å². The zero-order valence-corrected chi connectivity index (χ0v) is 16.3. The Labute approximate surface area is 174 Å². The second-order valence-corrected chi connectivity index (χ2v) is 7.14. The number of aromatic nitrogens is 3. The highest BCUT2D eigenvalue weighted by Gasteiger charge is 2.44. The van der Waals surface area contributed by atoms with Crippen molar-refractivity contribution in [3.8, 4) is 5.75 Å². The molecule has 2 aromatic rings. The van der Waals surface area contributed by atoms with Gasteiger partial charge >= 0.3 is 12.1 Å². The number of aliphatic carboxylic acids is 1. The van der Waals surface area contributed by atoms with E-state index in [9.17, 15) is 13.2 Å². The third-order valence-electron chi connectivity index (χ3n) is 4.66.